The van der Waals surface area contributed by atoms with Crippen LogP contribution in [0.25, 0.3) is 0 Å². The zero-order valence-corrected chi connectivity index (χ0v) is 21.0. The van der Waals surface area contributed by atoms with Gasteiger partial charge in [0.2, 0.25) is 6.41 Å². The van der Waals surface area contributed by atoms with Gasteiger partial charge >= 0.3 is 5.97 Å². The highest BCUT2D eigenvalue weighted by atomic mass is 16.5. The van der Waals surface area contributed by atoms with Crippen LogP contribution in [0.3, 0.4) is 0 Å². The van der Waals surface area contributed by atoms with Gasteiger partial charge in [-0.05, 0) is 56.2 Å². The lowest BCUT2D eigenvalue weighted by Gasteiger charge is -2.25. The maximum Gasteiger partial charge on any atom is 0.328 e. The Morgan fingerprint density at radius 3 is 2.67 bits per heavy atom. The van der Waals surface area contributed by atoms with Crippen LogP contribution in [-0.2, 0) is 31.9 Å². The Balaban J connectivity index is 0.000000308. The van der Waals surface area contributed by atoms with E-state index in [0.717, 1.165) is 18.3 Å². The molecule has 8 nitrogen and oxygen atoms in total. The van der Waals surface area contributed by atoms with Gasteiger partial charge in [0, 0.05) is 25.9 Å². The molecule has 1 saturated carbocycles. The fourth-order valence-electron chi connectivity index (χ4n) is 3.68. The van der Waals surface area contributed by atoms with Gasteiger partial charge in [0.1, 0.15) is 11.9 Å². The number of anilines is 1. The fraction of sp³-hybridized carbons (Fsp3) is 0.720. The number of ether oxygens (including phenoxy) is 2. The van der Waals surface area contributed by atoms with Crippen LogP contribution >= 0.6 is 0 Å². The minimum Gasteiger partial charge on any atom is -0.467 e. The van der Waals surface area contributed by atoms with Crippen molar-refractivity contribution in [2.45, 2.75) is 71.3 Å². The average molecular weight is 465 g/mol. The van der Waals surface area contributed by atoms with Crippen molar-refractivity contribution in [1.82, 2.24) is 15.6 Å². The van der Waals surface area contributed by atoms with E-state index in [2.05, 4.69) is 32.8 Å². The number of methoxy groups -OCH3 is 2. The van der Waals surface area contributed by atoms with E-state index >= 15 is 0 Å². The molecule has 2 heterocycles. The number of carbonyl (C=O) groups excluding carboxylic acids is 2. The molecule has 3 rings (SSSR count). The zero-order valence-electron chi connectivity index (χ0n) is 21.0. The molecular formula is C25H44N4O4. The van der Waals surface area contributed by atoms with E-state index in [0.29, 0.717) is 32.5 Å². The molecule has 1 aromatic rings. The molecular weight excluding hydrogens is 420 g/mol. The van der Waals surface area contributed by atoms with Crippen molar-refractivity contribution in [3.05, 3.63) is 23.4 Å². The van der Waals surface area contributed by atoms with Crippen LogP contribution < -0.4 is 16.0 Å². The number of fused-ring (bicyclic) bond motifs is 1. The predicted molar refractivity (Wildman–Crippen MR) is 132 cm³/mol. The van der Waals surface area contributed by atoms with Crippen molar-refractivity contribution in [2.75, 3.05) is 45.8 Å². The lowest BCUT2D eigenvalue weighted by molar-refractivity contribution is -0.144. The first-order valence-electron chi connectivity index (χ1n) is 12.4. The van der Waals surface area contributed by atoms with Crippen LogP contribution in [0, 0.1) is 5.92 Å². The second-order valence-corrected chi connectivity index (χ2v) is 8.07. The number of pyridine rings is 1. The smallest absolute Gasteiger partial charge is 0.328 e. The number of rotatable bonds is 12. The maximum absolute atomic E-state index is 11.1. The molecule has 1 aliphatic carbocycles. The van der Waals surface area contributed by atoms with Gasteiger partial charge in [0.05, 0.1) is 13.7 Å². The summed E-state index contributed by atoms with van der Waals surface area (Å²) in [5.41, 5.74) is 2.68. The molecule has 1 unspecified atom stereocenters. The molecule has 1 aliphatic heterocycles. The molecule has 1 aromatic heterocycles. The van der Waals surface area contributed by atoms with E-state index in [1.54, 1.807) is 7.11 Å². The Morgan fingerprint density at radius 1 is 1.24 bits per heavy atom. The predicted octanol–water partition coefficient (Wildman–Crippen LogP) is 3.10. The van der Waals surface area contributed by atoms with Crippen molar-refractivity contribution in [1.29, 1.82) is 0 Å². The van der Waals surface area contributed by atoms with Crippen LogP contribution in [0.1, 0.15) is 63.6 Å². The molecule has 33 heavy (non-hydrogen) atoms. The van der Waals surface area contributed by atoms with E-state index in [4.69, 9.17) is 9.72 Å². The minimum absolute atomic E-state index is 0.435. The standard InChI is InChI=1S/C14H20N2.C9H18N2O4.C2H6/c1-3-11(4-1)6-8-13-9-7-12-5-2-10-15-14(12)16-13;1-14-6-5-10-4-3-8(11-7-12)9(13)15-2;1-2/h7,9,11H,1-6,8,10H2,(H,15,16);7-8,10H,3-6H2,1-2H3,(H,11,12);1-2H3. The van der Waals surface area contributed by atoms with E-state index in [1.807, 2.05) is 13.8 Å². The highest BCUT2D eigenvalue weighted by Gasteiger charge is 2.18. The summed E-state index contributed by atoms with van der Waals surface area (Å²) in [7, 11) is 2.91. The number of amides is 1. The molecule has 1 amide bonds. The highest BCUT2D eigenvalue weighted by molar-refractivity contribution is 5.78. The molecule has 0 spiro atoms. The third kappa shape index (κ3) is 11.5. The Morgan fingerprint density at radius 2 is 2.03 bits per heavy atom. The summed E-state index contributed by atoms with van der Waals surface area (Å²) < 4.78 is 9.37. The van der Waals surface area contributed by atoms with E-state index in [9.17, 15) is 9.59 Å². The Bertz CT molecular complexity index is 668. The zero-order chi connectivity index (χ0) is 24.3. The van der Waals surface area contributed by atoms with Crippen LogP contribution in [0.4, 0.5) is 5.82 Å². The SMILES string of the molecule is CC.COCCNCCC(NC=O)C(=O)OC.c1cc2c(nc1CCC1CCC1)NCCC2. The van der Waals surface area contributed by atoms with E-state index in [-0.39, 0.29) is 0 Å². The van der Waals surface area contributed by atoms with Gasteiger partial charge in [0.15, 0.2) is 0 Å². The summed E-state index contributed by atoms with van der Waals surface area (Å²) in [5.74, 6) is 1.71. The summed E-state index contributed by atoms with van der Waals surface area (Å²) in [4.78, 5) is 26.1. The van der Waals surface area contributed by atoms with Crippen molar-refractivity contribution in [3.8, 4) is 0 Å². The first-order valence-corrected chi connectivity index (χ1v) is 12.4. The van der Waals surface area contributed by atoms with Crippen LogP contribution in [0.15, 0.2) is 12.1 Å². The summed E-state index contributed by atoms with van der Waals surface area (Å²) in [5, 5.41) is 8.87. The molecule has 188 valence electrons. The summed E-state index contributed by atoms with van der Waals surface area (Å²) in [6, 6.07) is 3.91. The molecule has 8 heteroatoms. The van der Waals surface area contributed by atoms with Crippen LogP contribution in [0.5, 0.6) is 0 Å². The Labute approximate surface area is 199 Å². The van der Waals surface area contributed by atoms with Crippen LogP contribution in [-0.4, -0.2) is 63.9 Å². The van der Waals surface area contributed by atoms with Crippen molar-refractivity contribution < 1.29 is 19.1 Å². The number of aromatic nitrogens is 1. The van der Waals surface area contributed by atoms with Gasteiger partial charge in [0.25, 0.3) is 0 Å². The third-order valence-electron chi connectivity index (χ3n) is 5.83. The number of hydrogen-bond acceptors (Lipinski definition) is 7. The lowest BCUT2D eigenvalue weighted by Crippen LogP contribution is -2.39. The normalized spacial score (nSPS) is 15.2. The van der Waals surface area contributed by atoms with E-state index < -0.39 is 12.0 Å². The number of nitrogens with zero attached hydrogens (tertiary/aromatic N) is 1. The van der Waals surface area contributed by atoms with Crippen molar-refractivity contribution in [3.63, 3.8) is 0 Å². The quantitative estimate of drug-likeness (QED) is 0.248. The number of carbonyl (C=O) groups is 2. The minimum atomic E-state index is -0.581. The van der Waals surface area contributed by atoms with Gasteiger partial charge in [-0.3, -0.25) is 4.79 Å². The number of hydrogen-bond donors (Lipinski definition) is 3. The van der Waals surface area contributed by atoms with Crippen molar-refractivity contribution in [2.24, 2.45) is 5.92 Å². The molecule has 1 fully saturated rings. The molecule has 1 atom stereocenters. The highest BCUT2D eigenvalue weighted by Crippen LogP contribution is 2.30. The second-order valence-electron chi connectivity index (χ2n) is 8.07. The summed E-state index contributed by atoms with van der Waals surface area (Å²) in [6.07, 6.45) is 10.3. The Hall–Kier alpha value is -2.19. The maximum atomic E-state index is 11.1. The summed E-state index contributed by atoms with van der Waals surface area (Å²) >= 11 is 0. The van der Waals surface area contributed by atoms with Gasteiger partial charge < -0.3 is 25.4 Å². The van der Waals surface area contributed by atoms with Gasteiger partial charge in [-0.1, -0.05) is 39.2 Å². The first kappa shape index (κ1) is 28.8. The average Bonchev–Trinajstić information content (AvgIpc) is 2.83. The van der Waals surface area contributed by atoms with Gasteiger partial charge in [-0.15, -0.1) is 0 Å². The molecule has 2 aliphatic rings. The van der Waals surface area contributed by atoms with Crippen LogP contribution in [0.2, 0.25) is 0 Å². The van der Waals surface area contributed by atoms with E-state index in [1.165, 1.54) is 63.3 Å². The topological polar surface area (TPSA) is 102 Å². The molecule has 3 N–H and O–H groups in total. The fourth-order valence-corrected chi connectivity index (χ4v) is 3.68. The number of aryl methyl sites for hydroxylation is 2. The number of esters is 1. The molecule has 0 aromatic carbocycles. The largest absolute Gasteiger partial charge is 0.467 e. The lowest BCUT2D eigenvalue weighted by atomic mass is 9.82. The molecule has 0 radical (unpaired) electrons. The van der Waals surface area contributed by atoms with Gasteiger partial charge in [-0.25, -0.2) is 9.78 Å². The van der Waals surface area contributed by atoms with Crippen molar-refractivity contribution >= 4 is 18.2 Å². The molecule has 0 bridgehead atoms. The monoisotopic (exact) mass is 464 g/mol. The first-order chi connectivity index (χ1) is 16.2. The Kier molecular flexibility index (Phi) is 16.0. The van der Waals surface area contributed by atoms with Gasteiger partial charge in [-0.2, -0.15) is 0 Å². The molecule has 0 saturated heterocycles. The second kappa shape index (κ2) is 18.3. The summed E-state index contributed by atoms with van der Waals surface area (Å²) in [6.45, 7) is 7.03. The number of nitrogens with one attached hydrogen (secondary N) is 3. The third-order valence-corrected chi connectivity index (χ3v) is 5.83.